The van der Waals surface area contributed by atoms with Gasteiger partial charge in [0.2, 0.25) is 0 Å². The first-order valence-corrected chi connectivity index (χ1v) is 9.34. The van der Waals surface area contributed by atoms with Crippen molar-refractivity contribution >= 4 is 38.8 Å². The number of hydrogen-bond donors (Lipinski definition) is 2. The lowest BCUT2D eigenvalue weighted by Crippen LogP contribution is -2.13. The molecule has 0 saturated heterocycles. The van der Waals surface area contributed by atoms with Crippen LogP contribution in [0.3, 0.4) is 0 Å². The summed E-state index contributed by atoms with van der Waals surface area (Å²) in [4.78, 5) is 0.219. The van der Waals surface area contributed by atoms with Gasteiger partial charge in [-0.2, -0.15) is 0 Å². The molecule has 20 heavy (non-hydrogen) atoms. The maximum absolute atomic E-state index is 12.2. The van der Waals surface area contributed by atoms with E-state index >= 15 is 0 Å². The number of amidine groups is 1. The van der Waals surface area contributed by atoms with Gasteiger partial charge in [-0.15, -0.1) is 23.1 Å². The molecule has 0 bridgehead atoms. The smallest absolute Gasteiger partial charge is 0.179 e. The fourth-order valence-electron chi connectivity index (χ4n) is 1.57. The van der Waals surface area contributed by atoms with E-state index in [-0.39, 0.29) is 16.5 Å². The molecule has 0 spiro atoms. The third kappa shape index (κ3) is 3.84. The topological polar surface area (TPSA) is 84.0 Å². The Balaban J connectivity index is 2.06. The SMILES string of the molecule is N=C(N)c1cccc(S(=O)(=O)CCSc2cccs2)c1. The molecule has 0 aliphatic rings. The Bertz CT molecular complexity index is 694. The third-order valence-corrected chi connectivity index (χ3v) is 6.70. The predicted molar refractivity (Wildman–Crippen MR) is 84.6 cm³/mol. The molecule has 2 aromatic rings. The molecule has 0 unspecified atom stereocenters. The summed E-state index contributed by atoms with van der Waals surface area (Å²) in [7, 11) is -3.34. The number of rotatable bonds is 6. The van der Waals surface area contributed by atoms with Crippen LogP contribution in [0.1, 0.15) is 5.56 Å². The standard InChI is InChI=1S/C13H14N2O2S3/c14-13(15)10-3-1-4-11(9-10)20(16,17)8-7-19-12-5-2-6-18-12/h1-6,9H,7-8H2,(H3,14,15). The molecule has 1 aromatic carbocycles. The van der Waals surface area contributed by atoms with E-state index in [1.54, 1.807) is 23.5 Å². The van der Waals surface area contributed by atoms with Crippen molar-refractivity contribution in [2.24, 2.45) is 5.73 Å². The summed E-state index contributed by atoms with van der Waals surface area (Å²) in [6, 6.07) is 10.1. The number of sulfone groups is 1. The molecule has 4 nitrogen and oxygen atoms in total. The second kappa shape index (κ2) is 6.43. The first-order chi connectivity index (χ1) is 9.49. The largest absolute Gasteiger partial charge is 0.384 e. The normalized spacial score (nSPS) is 11.4. The monoisotopic (exact) mass is 326 g/mol. The molecule has 0 aliphatic heterocycles. The van der Waals surface area contributed by atoms with E-state index in [4.69, 9.17) is 11.1 Å². The van der Waals surface area contributed by atoms with Gasteiger partial charge in [-0.25, -0.2) is 8.42 Å². The lowest BCUT2D eigenvalue weighted by Gasteiger charge is -2.06. The molecular formula is C13H14N2O2S3. The molecule has 0 radical (unpaired) electrons. The quantitative estimate of drug-likeness (QED) is 0.485. The minimum atomic E-state index is -3.34. The Hall–Kier alpha value is -1.31. The van der Waals surface area contributed by atoms with Gasteiger partial charge in [0.1, 0.15) is 5.84 Å². The molecule has 0 fully saturated rings. The fraction of sp³-hybridized carbons (Fsp3) is 0.154. The van der Waals surface area contributed by atoms with E-state index in [9.17, 15) is 8.42 Å². The number of thiophene rings is 1. The minimum Gasteiger partial charge on any atom is -0.384 e. The summed E-state index contributed by atoms with van der Waals surface area (Å²) in [6.45, 7) is 0. The number of nitrogens with two attached hydrogens (primary N) is 1. The maximum atomic E-state index is 12.2. The Labute approximate surface area is 126 Å². The first kappa shape index (κ1) is 15.1. The molecule has 0 aliphatic carbocycles. The van der Waals surface area contributed by atoms with Gasteiger partial charge < -0.3 is 5.73 Å². The molecule has 2 rings (SSSR count). The zero-order valence-corrected chi connectivity index (χ0v) is 13.0. The van der Waals surface area contributed by atoms with Crippen LogP contribution in [0.25, 0.3) is 0 Å². The van der Waals surface area contributed by atoms with Crippen LogP contribution in [0.2, 0.25) is 0 Å². The van der Waals surface area contributed by atoms with Crippen molar-refractivity contribution in [3.63, 3.8) is 0 Å². The van der Waals surface area contributed by atoms with E-state index in [0.717, 1.165) is 4.21 Å². The number of hydrogen-bond acceptors (Lipinski definition) is 5. The van der Waals surface area contributed by atoms with Gasteiger partial charge in [-0.3, -0.25) is 5.41 Å². The Morgan fingerprint density at radius 2 is 2.10 bits per heavy atom. The van der Waals surface area contributed by atoms with Crippen LogP contribution in [0.4, 0.5) is 0 Å². The highest BCUT2D eigenvalue weighted by molar-refractivity contribution is 8.02. The van der Waals surface area contributed by atoms with Crippen molar-refractivity contribution in [2.45, 2.75) is 9.10 Å². The second-order valence-electron chi connectivity index (χ2n) is 4.04. The summed E-state index contributed by atoms with van der Waals surface area (Å²) in [5.74, 6) is 0.444. The van der Waals surface area contributed by atoms with Crippen LogP contribution in [-0.2, 0) is 9.84 Å². The number of thioether (sulfide) groups is 1. The van der Waals surface area contributed by atoms with Crippen LogP contribution in [0.15, 0.2) is 50.9 Å². The van der Waals surface area contributed by atoms with E-state index < -0.39 is 9.84 Å². The summed E-state index contributed by atoms with van der Waals surface area (Å²) < 4.78 is 25.5. The van der Waals surface area contributed by atoms with Crippen molar-refractivity contribution in [2.75, 3.05) is 11.5 Å². The molecule has 7 heteroatoms. The molecule has 0 saturated carbocycles. The zero-order valence-electron chi connectivity index (χ0n) is 10.6. The van der Waals surface area contributed by atoms with Crippen LogP contribution >= 0.6 is 23.1 Å². The van der Waals surface area contributed by atoms with Gasteiger partial charge in [0.15, 0.2) is 9.84 Å². The van der Waals surface area contributed by atoms with E-state index in [0.29, 0.717) is 11.3 Å². The fourth-order valence-corrected chi connectivity index (χ4v) is 5.12. The summed E-state index contributed by atoms with van der Waals surface area (Å²) in [6.07, 6.45) is 0. The molecule has 106 valence electrons. The van der Waals surface area contributed by atoms with Crippen LogP contribution in [0, 0.1) is 5.41 Å². The average molecular weight is 326 g/mol. The van der Waals surface area contributed by atoms with Crippen molar-refractivity contribution in [3.05, 3.63) is 47.3 Å². The minimum absolute atomic E-state index is 0.0664. The Kier molecular flexibility index (Phi) is 4.85. The lowest BCUT2D eigenvalue weighted by molar-refractivity contribution is 0.597. The van der Waals surface area contributed by atoms with Gasteiger partial charge in [0, 0.05) is 11.3 Å². The van der Waals surface area contributed by atoms with Gasteiger partial charge in [0.05, 0.1) is 14.9 Å². The molecule has 1 aromatic heterocycles. The van der Waals surface area contributed by atoms with Gasteiger partial charge in [-0.05, 0) is 23.6 Å². The maximum Gasteiger partial charge on any atom is 0.179 e. The van der Waals surface area contributed by atoms with Gasteiger partial charge in [-0.1, -0.05) is 18.2 Å². The summed E-state index contributed by atoms with van der Waals surface area (Å²) in [5.41, 5.74) is 5.80. The van der Waals surface area contributed by atoms with Crippen LogP contribution < -0.4 is 5.73 Å². The first-order valence-electron chi connectivity index (χ1n) is 5.82. The average Bonchev–Trinajstić information content (AvgIpc) is 2.92. The van der Waals surface area contributed by atoms with Crippen molar-refractivity contribution < 1.29 is 8.42 Å². The number of nitrogen functional groups attached to an aromatic ring is 1. The highest BCUT2D eigenvalue weighted by Gasteiger charge is 2.15. The lowest BCUT2D eigenvalue weighted by atomic mass is 10.2. The van der Waals surface area contributed by atoms with Crippen molar-refractivity contribution in [1.82, 2.24) is 0 Å². The molecule has 0 atom stereocenters. The van der Waals surface area contributed by atoms with Gasteiger partial charge >= 0.3 is 0 Å². The molecule has 3 N–H and O–H groups in total. The van der Waals surface area contributed by atoms with Crippen molar-refractivity contribution in [3.8, 4) is 0 Å². The number of benzene rings is 1. The van der Waals surface area contributed by atoms with E-state index in [1.807, 2.05) is 17.5 Å². The molecule has 0 amide bonds. The Morgan fingerprint density at radius 3 is 2.75 bits per heavy atom. The summed E-state index contributed by atoms with van der Waals surface area (Å²) >= 11 is 3.13. The second-order valence-corrected chi connectivity index (χ2v) is 8.49. The Morgan fingerprint density at radius 1 is 1.30 bits per heavy atom. The van der Waals surface area contributed by atoms with Crippen LogP contribution in [0.5, 0.6) is 0 Å². The zero-order chi connectivity index (χ0) is 14.6. The number of nitrogens with one attached hydrogen (secondary N) is 1. The molecular weight excluding hydrogens is 312 g/mol. The highest BCUT2D eigenvalue weighted by Crippen LogP contribution is 2.24. The molecule has 1 heterocycles. The summed E-state index contributed by atoms with van der Waals surface area (Å²) in [5, 5.41) is 9.31. The third-order valence-electron chi connectivity index (χ3n) is 2.60. The van der Waals surface area contributed by atoms with Crippen LogP contribution in [-0.4, -0.2) is 25.8 Å². The predicted octanol–water partition coefficient (Wildman–Crippen LogP) is 2.60. The van der Waals surface area contributed by atoms with E-state index in [2.05, 4.69) is 0 Å². The van der Waals surface area contributed by atoms with Crippen molar-refractivity contribution in [1.29, 1.82) is 5.41 Å². The highest BCUT2D eigenvalue weighted by atomic mass is 32.2. The van der Waals surface area contributed by atoms with Gasteiger partial charge in [0.25, 0.3) is 0 Å². The van der Waals surface area contributed by atoms with E-state index in [1.165, 1.54) is 23.9 Å².